The van der Waals surface area contributed by atoms with Crippen LogP contribution in [0.4, 0.5) is 5.69 Å². The highest BCUT2D eigenvalue weighted by atomic mass is 16.5. The first-order valence-electron chi connectivity index (χ1n) is 8.95. The third-order valence-corrected chi connectivity index (χ3v) is 4.78. The first-order chi connectivity index (χ1) is 12.5. The van der Waals surface area contributed by atoms with Crippen molar-refractivity contribution in [3.05, 3.63) is 54.1 Å². The second-order valence-electron chi connectivity index (χ2n) is 7.02. The molecule has 5 nitrogen and oxygen atoms in total. The molecule has 1 aliphatic carbocycles. The molecular weight excluding hydrogens is 328 g/mol. The van der Waals surface area contributed by atoms with E-state index in [4.69, 9.17) is 15.2 Å². The molecule has 0 aromatic heterocycles. The number of carbonyl (C=O) groups is 1. The molecule has 1 aliphatic rings. The molecule has 0 spiro atoms. The van der Waals surface area contributed by atoms with Gasteiger partial charge in [0.2, 0.25) is 5.91 Å². The highest BCUT2D eigenvalue weighted by molar-refractivity contribution is 5.98. The van der Waals surface area contributed by atoms with Gasteiger partial charge in [0.15, 0.2) is 0 Å². The van der Waals surface area contributed by atoms with Crippen LogP contribution >= 0.6 is 0 Å². The fourth-order valence-corrected chi connectivity index (χ4v) is 2.82. The Morgan fingerprint density at radius 2 is 1.69 bits per heavy atom. The van der Waals surface area contributed by atoms with E-state index in [-0.39, 0.29) is 11.8 Å². The molecule has 5 heteroatoms. The topological polar surface area (TPSA) is 73.6 Å². The number of anilines is 1. The molecule has 2 aromatic rings. The Morgan fingerprint density at radius 1 is 1.12 bits per heavy atom. The van der Waals surface area contributed by atoms with E-state index in [0.29, 0.717) is 12.4 Å². The van der Waals surface area contributed by atoms with Crippen molar-refractivity contribution in [1.82, 2.24) is 0 Å². The van der Waals surface area contributed by atoms with Gasteiger partial charge in [-0.2, -0.15) is 0 Å². The monoisotopic (exact) mass is 354 g/mol. The number of hydrogen-bond acceptors (Lipinski definition) is 4. The quantitative estimate of drug-likeness (QED) is 0.757. The number of amides is 1. The minimum atomic E-state index is -0.806. The van der Waals surface area contributed by atoms with Gasteiger partial charge in [-0.25, -0.2) is 0 Å². The zero-order chi connectivity index (χ0) is 18.6. The van der Waals surface area contributed by atoms with Gasteiger partial charge in [-0.15, -0.1) is 0 Å². The van der Waals surface area contributed by atoms with Crippen LogP contribution in [0.1, 0.15) is 25.3 Å². The fourth-order valence-electron chi connectivity index (χ4n) is 2.82. The van der Waals surface area contributed by atoms with Crippen LogP contribution in [0.3, 0.4) is 0 Å². The molecular formula is C21H26N2O3. The van der Waals surface area contributed by atoms with E-state index in [1.54, 1.807) is 14.0 Å². The number of ether oxygens (including phenoxy) is 2. The summed E-state index contributed by atoms with van der Waals surface area (Å²) in [4.78, 5) is 12.3. The number of hydrogen-bond donors (Lipinski definition) is 2. The summed E-state index contributed by atoms with van der Waals surface area (Å²) in [5, 5.41) is 2.89. The molecule has 26 heavy (non-hydrogen) atoms. The van der Waals surface area contributed by atoms with Gasteiger partial charge in [-0.1, -0.05) is 12.1 Å². The number of nitrogens with one attached hydrogen (secondary N) is 1. The largest absolute Gasteiger partial charge is 0.457 e. The minimum absolute atomic E-state index is 0.139. The summed E-state index contributed by atoms with van der Waals surface area (Å²) in [5.74, 6) is 1.63. The first kappa shape index (κ1) is 18.4. The molecule has 0 saturated heterocycles. The van der Waals surface area contributed by atoms with E-state index in [9.17, 15) is 4.79 Å². The molecule has 1 unspecified atom stereocenters. The van der Waals surface area contributed by atoms with Gasteiger partial charge in [-0.3, -0.25) is 4.79 Å². The second kappa shape index (κ2) is 7.89. The summed E-state index contributed by atoms with van der Waals surface area (Å²) < 4.78 is 10.9. The third-order valence-electron chi connectivity index (χ3n) is 4.78. The normalized spacial score (nSPS) is 16.0. The predicted octanol–water partition coefficient (Wildman–Crippen LogP) is 3.73. The molecule has 1 saturated carbocycles. The van der Waals surface area contributed by atoms with Crippen LogP contribution in [0.5, 0.6) is 11.5 Å². The number of carbonyl (C=O) groups excluding carboxylic acids is 1. The summed E-state index contributed by atoms with van der Waals surface area (Å²) in [7, 11) is 1.70. The summed E-state index contributed by atoms with van der Waals surface area (Å²) in [6, 6.07) is 15.3. The molecule has 0 heterocycles. The summed E-state index contributed by atoms with van der Waals surface area (Å²) in [6.45, 7) is 2.50. The lowest BCUT2D eigenvalue weighted by molar-refractivity contribution is -0.121. The Morgan fingerprint density at radius 3 is 2.23 bits per heavy atom. The lowest BCUT2D eigenvalue weighted by atomic mass is 9.96. The van der Waals surface area contributed by atoms with E-state index in [0.717, 1.165) is 30.7 Å². The summed E-state index contributed by atoms with van der Waals surface area (Å²) >= 11 is 0. The van der Waals surface area contributed by atoms with Crippen LogP contribution in [-0.4, -0.2) is 25.2 Å². The van der Waals surface area contributed by atoms with Crippen LogP contribution in [0.25, 0.3) is 0 Å². The molecule has 0 bridgehead atoms. The van der Waals surface area contributed by atoms with Crippen LogP contribution in [0, 0.1) is 5.92 Å². The standard InChI is InChI=1S/C21H26N2O3/c1-21(22,16-5-6-16)20(24)23-17-7-11-19(12-8-17)26-18-9-3-15(4-10-18)13-14-25-2/h3-4,7-12,16H,5-6,13-14,22H2,1-2H3,(H,23,24). The molecule has 0 aliphatic heterocycles. The maximum atomic E-state index is 12.3. The van der Waals surface area contributed by atoms with Crippen molar-refractivity contribution in [3.63, 3.8) is 0 Å². The van der Waals surface area contributed by atoms with Crippen LogP contribution in [0.15, 0.2) is 48.5 Å². The molecule has 138 valence electrons. The van der Waals surface area contributed by atoms with E-state index in [1.165, 1.54) is 5.56 Å². The fraction of sp³-hybridized carbons (Fsp3) is 0.381. The van der Waals surface area contributed by atoms with E-state index in [2.05, 4.69) is 5.32 Å². The number of rotatable bonds is 8. The Labute approximate surface area is 154 Å². The van der Waals surface area contributed by atoms with Crippen molar-refractivity contribution >= 4 is 11.6 Å². The zero-order valence-corrected chi connectivity index (χ0v) is 15.3. The lowest BCUT2D eigenvalue weighted by Gasteiger charge is -2.23. The van der Waals surface area contributed by atoms with Crippen molar-refractivity contribution in [3.8, 4) is 11.5 Å². The Balaban J connectivity index is 1.56. The van der Waals surface area contributed by atoms with Crippen molar-refractivity contribution in [2.24, 2.45) is 11.7 Å². The highest BCUT2D eigenvalue weighted by Gasteiger charge is 2.44. The van der Waals surface area contributed by atoms with Crippen molar-refractivity contribution in [2.75, 3.05) is 19.0 Å². The van der Waals surface area contributed by atoms with E-state index < -0.39 is 5.54 Å². The molecule has 2 aromatic carbocycles. The molecule has 3 N–H and O–H groups in total. The van der Waals surface area contributed by atoms with Crippen molar-refractivity contribution < 1.29 is 14.3 Å². The SMILES string of the molecule is COCCc1ccc(Oc2ccc(NC(=O)C(C)(N)C3CC3)cc2)cc1. The van der Waals surface area contributed by atoms with E-state index >= 15 is 0 Å². The van der Waals surface area contributed by atoms with Gasteiger partial charge in [0.05, 0.1) is 12.1 Å². The highest BCUT2D eigenvalue weighted by Crippen LogP contribution is 2.38. The van der Waals surface area contributed by atoms with Gasteiger partial charge < -0.3 is 20.5 Å². The second-order valence-corrected chi connectivity index (χ2v) is 7.02. The van der Waals surface area contributed by atoms with Crippen molar-refractivity contribution in [1.29, 1.82) is 0 Å². The summed E-state index contributed by atoms with van der Waals surface area (Å²) in [6.07, 6.45) is 2.93. The average Bonchev–Trinajstić information content (AvgIpc) is 3.48. The van der Waals surface area contributed by atoms with E-state index in [1.807, 2.05) is 48.5 Å². The number of methoxy groups -OCH3 is 1. The Kier molecular flexibility index (Phi) is 5.59. The summed E-state index contributed by atoms with van der Waals surface area (Å²) in [5.41, 5.74) is 7.26. The van der Waals surface area contributed by atoms with Gasteiger partial charge >= 0.3 is 0 Å². The van der Waals surface area contributed by atoms with Gasteiger partial charge in [0.25, 0.3) is 0 Å². The minimum Gasteiger partial charge on any atom is -0.457 e. The predicted molar refractivity (Wildman–Crippen MR) is 102 cm³/mol. The molecule has 1 amide bonds. The van der Waals surface area contributed by atoms with Crippen molar-refractivity contribution in [2.45, 2.75) is 31.7 Å². The maximum Gasteiger partial charge on any atom is 0.244 e. The Bertz CT molecular complexity index is 735. The van der Waals surface area contributed by atoms with Crippen LogP contribution in [0.2, 0.25) is 0 Å². The maximum absolute atomic E-state index is 12.3. The number of benzene rings is 2. The van der Waals surface area contributed by atoms with Crippen LogP contribution < -0.4 is 15.8 Å². The average molecular weight is 354 g/mol. The molecule has 3 rings (SSSR count). The van der Waals surface area contributed by atoms with Crippen LogP contribution in [-0.2, 0) is 16.0 Å². The molecule has 1 atom stereocenters. The molecule has 1 fully saturated rings. The smallest absolute Gasteiger partial charge is 0.244 e. The van der Waals surface area contributed by atoms with Gasteiger partial charge in [0, 0.05) is 12.8 Å². The zero-order valence-electron chi connectivity index (χ0n) is 15.3. The Hall–Kier alpha value is -2.37. The first-order valence-corrected chi connectivity index (χ1v) is 8.95. The molecule has 0 radical (unpaired) electrons. The van der Waals surface area contributed by atoms with Gasteiger partial charge in [0.1, 0.15) is 11.5 Å². The third kappa shape index (κ3) is 4.62. The van der Waals surface area contributed by atoms with Gasteiger partial charge in [-0.05, 0) is 74.1 Å². The lowest BCUT2D eigenvalue weighted by Crippen LogP contribution is -2.50. The number of nitrogens with two attached hydrogens (primary N) is 1.